The Labute approximate surface area is 220 Å². The van der Waals surface area contributed by atoms with Gasteiger partial charge in [-0.3, -0.25) is 4.79 Å². The average Bonchev–Trinajstić information content (AvgIpc) is 2.84. The first-order chi connectivity index (χ1) is 17.3. The number of phenols is 1. The molecule has 36 heavy (non-hydrogen) atoms. The fourth-order valence-electron chi connectivity index (χ4n) is 4.87. The van der Waals surface area contributed by atoms with Crippen molar-refractivity contribution < 1.29 is 24.3 Å². The van der Waals surface area contributed by atoms with E-state index in [-0.39, 0.29) is 17.1 Å². The van der Waals surface area contributed by atoms with Crippen LogP contribution >= 0.6 is 0 Å². The number of benzene rings is 1. The van der Waals surface area contributed by atoms with Crippen molar-refractivity contribution in [1.82, 2.24) is 0 Å². The highest BCUT2D eigenvalue weighted by Gasteiger charge is 2.16. The predicted molar refractivity (Wildman–Crippen MR) is 150 cm³/mol. The third-order valence-electron chi connectivity index (χ3n) is 7.33. The van der Waals surface area contributed by atoms with Gasteiger partial charge in [-0.25, -0.2) is 4.79 Å². The van der Waals surface area contributed by atoms with Gasteiger partial charge in [-0.1, -0.05) is 84.0 Å². The maximum atomic E-state index is 12.4. The molecule has 0 aromatic heterocycles. The number of nitrogens with zero attached hydrogens (tertiary/aromatic N) is 1. The second-order valence-electron chi connectivity index (χ2n) is 11.3. The number of aromatic carboxylic acids is 1. The third-order valence-corrected chi connectivity index (χ3v) is 7.33. The van der Waals surface area contributed by atoms with E-state index in [0.717, 1.165) is 30.3 Å². The van der Waals surface area contributed by atoms with Gasteiger partial charge in [-0.2, -0.15) is 0 Å². The number of Topliss-reactive ketones (excluding diaryl/α,β-unsaturated/α-hetero) is 1. The smallest absolute Gasteiger partial charge is 0.339 e. The first kappa shape index (κ1) is 32.1. The molecule has 0 radical (unpaired) electrons. The summed E-state index contributed by atoms with van der Waals surface area (Å²) >= 11 is 0. The maximum absolute atomic E-state index is 12.4. The third kappa shape index (κ3) is 15.3. The van der Waals surface area contributed by atoms with E-state index in [1.54, 1.807) is 0 Å². The van der Waals surface area contributed by atoms with Crippen molar-refractivity contribution in [3.63, 3.8) is 0 Å². The number of carbonyl (C=O) groups is 2. The monoisotopic (exact) mass is 504 g/mol. The standard InChI is InChI=1S/C31H53NO4/c1-4-5-6-7-8-9-10-11-12-13-14-15-16-19-24-32(2,3)25-20-17-18-21-29(33)27-22-23-30(34)28(26-27)31(35)36/h22-23,26H,4-21,24-25H2,1-3H3,(H-,33,34,35,36)/p+1. The van der Waals surface area contributed by atoms with E-state index in [4.69, 9.17) is 5.11 Å². The van der Waals surface area contributed by atoms with Crippen LogP contribution in [0.3, 0.4) is 0 Å². The van der Waals surface area contributed by atoms with E-state index in [9.17, 15) is 14.7 Å². The molecule has 1 aromatic carbocycles. The lowest BCUT2D eigenvalue weighted by molar-refractivity contribution is -0.890. The summed E-state index contributed by atoms with van der Waals surface area (Å²) in [5.74, 6) is -1.59. The van der Waals surface area contributed by atoms with Crippen molar-refractivity contribution >= 4 is 11.8 Å². The summed E-state index contributed by atoms with van der Waals surface area (Å²) in [4.78, 5) is 23.5. The zero-order valence-electron chi connectivity index (χ0n) is 23.5. The van der Waals surface area contributed by atoms with Crippen LogP contribution in [-0.2, 0) is 0 Å². The Hall–Kier alpha value is -1.88. The molecule has 5 nitrogen and oxygen atoms in total. The topological polar surface area (TPSA) is 74.6 Å². The number of carboxylic acids is 1. The minimum absolute atomic E-state index is 0.0614. The quantitative estimate of drug-likeness (QED) is 0.0891. The van der Waals surface area contributed by atoms with E-state index in [1.807, 2.05) is 0 Å². The molecule has 1 rings (SSSR count). The van der Waals surface area contributed by atoms with Crippen LogP contribution in [0.4, 0.5) is 0 Å². The van der Waals surface area contributed by atoms with E-state index < -0.39 is 5.97 Å². The van der Waals surface area contributed by atoms with Crippen LogP contribution in [0.2, 0.25) is 0 Å². The number of hydrogen-bond acceptors (Lipinski definition) is 3. The van der Waals surface area contributed by atoms with Crippen LogP contribution in [0.15, 0.2) is 18.2 Å². The van der Waals surface area contributed by atoms with Crippen molar-refractivity contribution in [2.45, 2.75) is 122 Å². The van der Waals surface area contributed by atoms with Crippen molar-refractivity contribution in [1.29, 1.82) is 0 Å². The molecular formula is C31H54NO4+. The van der Waals surface area contributed by atoms with Gasteiger partial charge < -0.3 is 14.7 Å². The molecule has 0 saturated carbocycles. The normalized spacial score (nSPS) is 11.6. The Balaban J connectivity index is 2.01. The zero-order chi connectivity index (χ0) is 26.7. The Morgan fingerprint density at radius 3 is 1.61 bits per heavy atom. The second-order valence-corrected chi connectivity index (χ2v) is 11.3. The fraction of sp³-hybridized carbons (Fsp3) is 0.742. The minimum Gasteiger partial charge on any atom is -0.507 e. The first-order valence-electron chi connectivity index (χ1n) is 14.7. The van der Waals surface area contributed by atoms with Gasteiger partial charge in [0.25, 0.3) is 0 Å². The summed E-state index contributed by atoms with van der Waals surface area (Å²) in [7, 11) is 4.61. The van der Waals surface area contributed by atoms with E-state index in [1.165, 1.54) is 115 Å². The highest BCUT2D eigenvalue weighted by Crippen LogP contribution is 2.20. The van der Waals surface area contributed by atoms with Crippen LogP contribution in [0.1, 0.15) is 143 Å². The lowest BCUT2D eigenvalue weighted by Gasteiger charge is -2.30. The number of carboxylic acid groups (broad SMARTS) is 1. The SMILES string of the molecule is CCCCCCCCCCCCCCCC[N+](C)(C)CCCCCC(=O)c1ccc(O)c(C(=O)O)c1. The van der Waals surface area contributed by atoms with Crippen LogP contribution in [0, 0.1) is 0 Å². The van der Waals surface area contributed by atoms with Gasteiger partial charge in [0.1, 0.15) is 11.3 Å². The molecule has 0 unspecified atom stereocenters. The van der Waals surface area contributed by atoms with Crippen LogP contribution in [0.5, 0.6) is 5.75 Å². The van der Waals surface area contributed by atoms with Gasteiger partial charge in [0.2, 0.25) is 0 Å². The number of ketones is 1. The summed E-state index contributed by atoms with van der Waals surface area (Å²) < 4.78 is 1.03. The fourth-order valence-corrected chi connectivity index (χ4v) is 4.87. The van der Waals surface area contributed by atoms with Crippen LogP contribution in [-0.4, -0.2) is 53.6 Å². The number of quaternary nitrogens is 1. The van der Waals surface area contributed by atoms with Gasteiger partial charge >= 0.3 is 5.97 Å². The Morgan fingerprint density at radius 2 is 1.14 bits per heavy atom. The molecule has 0 aliphatic heterocycles. The molecule has 5 heteroatoms. The second kappa shape index (κ2) is 19.3. The summed E-state index contributed by atoms with van der Waals surface area (Å²) in [6, 6.07) is 4.06. The van der Waals surface area contributed by atoms with Crippen molar-refractivity contribution in [3.8, 4) is 5.75 Å². The molecule has 0 fully saturated rings. The Morgan fingerprint density at radius 1 is 0.694 bits per heavy atom. The molecule has 0 heterocycles. The molecule has 206 valence electrons. The summed E-state index contributed by atoms with van der Waals surface area (Å²) in [6.45, 7) is 4.61. The van der Waals surface area contributed by atoms with E-state index in [0.29, 0.717) is 12.0 Å². The van der Waals surface area contributed by atoms with Crippen molar-refractivity contribution in [2.24, 2.45) is 0 Å². The molecule has 0 amide bonds. The van der Waals surface area contributed by atoms with Crippen molar-refractivity contribution in [2.75, 3.05) is 27.2 Å². The summed E-state index contributed by atoms with van der Waals surface area (Å²) in [6.07, 6.45) is 22.8. The molecular weight excluding hydrogens is 450 g/mol. The van der Waals surface area contributed by atoms with Gasteiger partial charge in [0.15, 0.2) is 5.78 Å². The number of carbonyl (C=O) groups excluding carboxylic acids is 1. The lowest BCUT2D eigenvalue weighted by Crippen LogP contribution is -2.41. The molecule has 2 N–H and O–H groups in total. The van der Waals surface area contributed by atoms with Gasteiger partial charge in [-0.05, 0) is 50.3 Å². The molecule has 0 saturated heterocycles. The molecule has 0 aliphatic carbocycles. The van der Waals surface area contributed by atoms with Gasteiger partial charge in [-0.15, -0.1) is 0 Å². The van der Waals surface area contributed by atoms with E-state index in [2.05, 4.69) is 21.0 Å². The zero-order valence-corrected chi connectivity index (χ0v) is 23.5. The Bertz CT molecular complexity index is 744. The summed E-state index contributed by atoms with van der Waals surface area (Å²) in [5, 5.41) is 18.7. The van der Waals surface area contributed by atoms with E-state index >= 15 is 0 Å². The molecule has 1 aromatic rings. The minimum atomic E-state index is -1.22. The largest absolute Gasteiger partial charge is 0.507 e. The highest BCUT2D eigenvalue weighted by atomic mass is 16.4. The molecule has 0 aliphatic rings. The highest BCUT2D eigenvalue weighted by molar-refractivity contribution is 5.99. The maximum Gasteiger partial charge on any atom is 0.339 e. The van der Waals surface area contributed by atoms with Crippen LogP contribution < -0.4 is 0 Å². The number of aromatic hydroxyl groups is 1. The first-order valence-corrected chi connectivity index (χ1v) is 14.7. The average molecular weight is 505 g/mol. The number of rotatable bonds is 23. The summed E-state index contributed by atoms with van der Waals surface area (Å²) in [5.41, 5.74) is 0.141. The number of unbranched alkanes of at least 4 members (excludes halogenated alkanes) is 15. The Kier molecular flexibility index (Phi) is 17.2. The van der Waals surface area contributed by atoms with Crippen molar-refractivity contribution in [3.05, 3.63) is 29.3 Å². The van der Waals surface area contributed by atoms with Gasteiger partial charge in [0, 0.05) is 12.0 Å². The lowest BCUT2D eigenvalue weighted by atomic mass is 10.0. The molecule has 0 bridgehead atoms. The molecule has 0 atom stereocenters. The van der Waals surface area contributed by atoms with Gasteiger partial charge in [0.05, 0.1) is 27.2 Å². The number of hydrogen-bond donors (Lipinski definition) is 2. The predicted octanol–water partition coefficient (Wildman–Crippen LogP) is 8.39. The molecule has 0 spiro atoms. The van der Waals surface area contributed by atoms with Crippen LogP contribution in [0.25, 0.3) is 0 Å².